The first-order chi connectivity index (χ1) is 33.1. The van der Waals surface area contributed by atoms with E-state index < -0.39 is 139 Å². The number of phenols is 12. The van der Waals surface area contributed by atoms with E-state index in [0.29, 0.717) is 0 Å². The van der Waals surface area contributed by atoms with Crippen LogP contribution in [0.3, 0.4) is 0 Å². The minimum Gasteiger partial charge on any atom is -0.867 e. The summed E-state index contributed by atoms with van der Waals surface area (Å²) >= 11 is 0. The number of benzene rings is 6. The Morgan fingerprint density at radius 2 is 0.284 bits per heavy atom. The molecule has 0 spiro atoms. The van der Waals surface area contributed by atoms with Gasteiger partial charge in [-0.3, -0.25) is 0 Å². The summed E-state index contributed by atoms with van der Waals surface area (Å²) in [5.41, 5.74) is -1.97. The second kappa shape index (κ2) is 28.3. The summed E-state index contributed by atoms with van der Waals surface area (Å²) in [6.07, 6.45) is 0. The summed E-state index contributed by atoms with van der Waals surface area (Å²) in [6.45, 7) is 0. The first kappa shape index (κ1) is 65.7. The Hall–Kier alpha value is -10.4. The second-order valence-corrected chi connectivity index (χ2v) is 12.9. The van der Waals surface area contributed by atoms with Gasteiger partial charge in [-0.05, 0) is 107 Å². The predicted octanol–water partition coefficient (Wildman–Crippen LogP) is -0.787. The molecule has 394 valence electrons. The average molecular weight is 1130 g/mol. The maximum absolute atomic E-state index is 10.7. The molecule has 0 unspecified atom stereocenters. The summed E-state index contributed by atoms with van der Waals surface area (Å²) in [5.74, 6) is -23.0. The fraction of sp³-hybridized carbons (Fsp3) is 0. The zero-order valence-corrected chi connectivity index (χ0v) is 37.8. The number of carbonyl (C=O) groups is 6. The van der Waals surface area contributed by atoms with Gasteiger partial charge < -0.3 is 123 Å². The van der Waals surface area contributed by atoms with Crippen molar-refractivity contribution >= 4 is 35.8 Å². The summed E-state index contributed by atoms with van der Waals surface area (Å²) < 4.78 is 0. The summed E-state index contributed by atoms with van der Waals surface area (Å²) in [6, 6.07) is 9.39. The van der Waals surface area contributed by atoms with E-state index in [1.165, 1.54) is 0 Å². The molecule has 0 bridgehead atoms. The Balaban J connectivity index is 0. The monoisotopic (exact) mass is 1130 g/mol. The number of hydrogen-bond acceptors (Lipinski definition) is 24. The quantitative estimate of drug-likeness (QED) is 0.0909. The van der Waals surface area contributed by atoms with Crippen LogP contribution in [0.25, 0.3) is 0 Å². The van der Waals surface area contributed by atoms with Gasteiger partial charge in [0.1, 0.15) is 69.0 Å². The molecule has 32 heteroatoms. The number of phenolic OH excluding ortho intramolecular Hbond substituents is 12. The number of aromatic carboxylic acids is 6. The van der Waals surface area contributed by atoms with Crippen molar-refractivity contribution < 1.29 is 185 Å². The fourth-order valence-electron chi connectivity index (χ4n) is 4.33. The van der Waals surface area contributed by atoms with Gasteiger partial charge in [0.05, 0.1) is 33.4 Å². The van der Waals surface area contributed by atoms with Gasteiger partial charge in [-0.25, -0.2) is 28.8 Å². The normalized spacial score (nSPS) is 9.41. The van der Waals surface area contributed by atoms with Crippen LogP contribution in [0.4, 0.5) is 0 Å². The van der Waals surface area contributed by atoms with Crippen molar-refractivity contribution in [2.75, 3.05) is 0 Å². The smallest absolute Gasteiger partial charge is 0.867 e. The fourth-order valence-corrected chi connectivity index (χ4v) is 4.33. The number of aromatic hydroxyl groups is 12. The molecule has 0 aromatic heterocycles. The topological polar surface area (TPSA) is 605 Å². The standard InChI is InChI=1S/6C7H6O5.2Fe/c6*8-4-1-3(7(11)12)2-5(9)6(4)10;;/h6*1-2,8-10H,(H,11,12);;/q;;;;;;2*+3/p-6. The molecular formula is C42H30Fe2O30. The van der Waals surface area contributed by atoms with Crippen molar-refractivity contribution in [3.05, 3.63) is 106 Å². The van der Waals surface area contributed by atoms with Gasteiger partial charge in [0.2, 0.25) is 0 Å². The van der Waals surface area contributed by atoms with E-state index in [9.17, 15) is 59.4 Å². The van der Waals surface area contributed by atoms with E-state index in [0.717, 1.165) is 72.8 Å². The molecule has 18 N–H and O–H groups in total. The van der Waals surface area contributed by atoms with Crippen molar-refractivity contribution in [2.24, 2.45) is 0 Å². The number of hydrogen-bond donors (Lipinski definition) is 18. The molecule has 6 rings (SSSR count). The number of rotatable bonds is 6. The van der Waals surface area contributed by atoms with E-state index in [2.05, 4.69) is 0 Å². The Morgan fingerprint density at radius 3 is 0.338 bits per heavy atom. The van der Waals surface area contributed by atoms with E-state index in [1.54, 1.807) is 0 Å². The third-order valence-corrected chi connectivity index (χ3v) is 7.78. The van der Waals surface area contributed by atoms with Gasteiger partial charge in [0.25, 0.3) is 0 Å². The van der Waals surface area contributed by atoms with Crippen LogP contribution in [0.1, 0.15) is 62.1 Å². The van der Waals surface area contributed by atoms with Crippen LogP contribution < -0.4 is 30.6 Å². The van der Waals surface area contributed by atoms with E-state index in [4.69, 9.17) is 91.9 Å². The third-order valence-electron chi connectivity index (χ3n) is 7.78. The minimum atomic E-state index is -1.32. The molecule has 30 nitrogen and oxygen atoms in total. The van der Waals surface area contributed by atoms with E-state index in [1.807, 2.05) is 0 Å². The van der Waals surface area contributed by atoms with Crippen LogP contribution in [0.5, 0.6) is 103 Å². The van der Waals surface area contributed by atoms with Crippen molar-refractivity contribution in [2.45, 2.75) is 0 Å². The van der Waals surface area contributed by atoms with Crippen molar-refractivity contribution in [1.29, 1.82) is 0 Å². The molecule has 0 aliphatic carbocycles. The Labute approximate surface area is 429 Å². The Kier molecular flexibility index (Phi) is 25.1. The van der Waals surface area contributed by atoms with Gasteiger partial charge >= 0.3 is 70.0 Å². The molecule has 0 saturated heterocycles. The van der Waals surface area contributed by atoms with Gasteiger partial charge in [0.15, 0.2) is 0 Å². The van der Waals surface area contributed by atoms with Crippen LogP contribution in [0.15, 0.2) is 72.8 Å². The third kappa shape index (κ3) is 18.8. The van der Waals surface area contributed by atoms with Gasteiger partial charge in [0, 0.05) is 0 Å². The molecule has 0 atom stereocenters. The van der Waals surface area contributed by atoms with Crippen LogP contribution in [0, 0.1) is 0 Å². The largest absolute Gasteiger partial charge is 3.00 e. The van der Waals surface area contributed by atoms with Crippen molar-refractivity contribution in [1.82, 2.24) is 0 Å². The van der Waals surface area contributed by atoms with Crippen LogP contribution in [-0.2, 0) is 34.1 Å². The molecule has 0 aliphatic heterocycles. The predicted molar refractivity (Wildman–Crippen MR) is 217 cm³/mol. The molecule has 0 heterocycles. The SMILES string of the molecule is O=C(O)c1cc(O)c([O-])c(O)c1.O=C(O)c1cc(O)c([O-])c(O)c1.O=C(O)c1cc(O)c([O-])c(O)c1.O=C(O)c1cc(O)c([O-])c(O)c1.O=C(O)c1cc(O)c([O-])c(O)c1.O=C(O)c1cc(O)c([O-])c(O)c1.[Fe+3].[Fe+3]. The van der Waals surface area contributed by atoms with Gasteiger partial charge in [-0.1, -0.05) is 0 Å². The molecule has 0 aliphatic rings. The Morgan fingerprint density at radius 1 is 0.216 bits per heavy atom. The van der Waals surface area contributed by atoms with Gasteiger partial charge in [-0.2, -0.15) is 0 Å². The van der Waals surface area contributed by atoms with E-state index in [-0.39, 0.29) is 67.5 Å². The number of carboxylic acids is 6. The van der Waals surface area contributed by atoms with Crippen LogP contribution in [0.2, 0.25) is 0 Å². The molecule has 6 aromatic rings. The van der Waals surface area contributed by atoms with Gasteiger partial charge in [-0.15, -0.1) is 0 Å². The second-order valence-electron chi connectivity index (χ2n) is 12.9. The maximum Gasteiger partial charge on any atom is 3.00 e. The first-order valence-electron chi connectivity index (χ1n) is 17.9. The maximum atomic E-state index is 10.7. The zero-order chi connectivity index (χ0) is 55.8. The first-order valence-corrected chi connectivity index (χ1v) is 17.9. The number of carboxylic acid groups (broad SMARTS) is 6. The molecule has 2 radical (unpaired) electrons. The molecule has 74 heavy (non-hydrogen) atoms. The molecule has 0 fully saturated rings. The summed E-state index contributed by atoms with van der Waals surface area (Å²) in [7, 11) is 0. The minimum absolute atomic E-state index is 0. The van der Waals surface area contributed by atoms with Crippen molar-refractivity contribution in [3.63, 3.8) is 0 Å². The van der Waals surface area contributed by atoms with E-state index >= 15 is 0 Å². The Bertz CT molecular complexity index is 2380. The zero-order valence-electron chi connectivity index (χ0n) is 35.6. The average Bonchev–Trinajstić information content (AvgIpc) is 3.29. The molecular weight excluding hydrogens is 1100 g/mol. The van der Waals surface area contributed by atoms with Crippen LogP contribution in [-0.4, -0.2) is 128 Å². The molecule has 6 aromatic carbocycles. The molecule has 0 saturated carbocycles. The molecule has 0 amide bonds. The van der Waals surface area contributed by atoms with Crippen LogP contribution >= 0.6 is 0 Å². The van der Waals surface area contributed by atoms with Crippen molar-refractivity contribution in [3.8, 4) is 103 Å². The summed E-state index contributed by atoms with van der Waals surface area (Å²) in [4.78, 5) is 61.8. The summed E-state index contributed by atoms with van der Waals surface area (Å²) in [5, 5.41) is 220.